The molecule has 0 radical (unpaired) electrons. The first-order chi connectivity index (χ1) is 10.1. The number of nitrogens with zero attached hydrogens (tertiary/aromatic N) is 3. The zero-order chi connectivity index (χ0) is 14.8. The number of nitrogens with two attached hydrogens (primary N) is 1. The van der Waals surface area contributed by atoms with Gasteiger partial charge in [0.2, 0.25) is 0 Å². The molecule has 1 aromatic heterocycles. The molecule has 0 saturated heterocycles. The molecule has 1 heterocycles. The molecule has 7 heteroatoms. The molecule has 120 valence electrons. The van der Waals surface area contributed by atoms with Crippen LogP contribution < -0.4 is 11.1 Å². The second kappa shape index (κ2) is 7.50. The highest BCUT2D eigenvalue weighted by molar-refractivity contribution is 14.0. The van der Waals surface area contributed by atoms with E-state index in [4.69, 9.17) is 17.3 Å². The highest BCUT2D eigenvalue weighted by atomic mass is 127. The second-order valence-electron chi connectivity index (χ2n) is 5.57. The van der Waals surface area contributed by atoms with Crippen LogP contribution >= 0.6 is 35.6 Å². The number of hydrogen-bond donors (Lipinski definition) is 2. The van der Waals surface area contributed by atoms with Gasteiger partial charge in [-0.05, 0) is 30.9 Å². The van der Waals surface area contributed by atoms with Crippen molar-refractivity contribution in [1.82, 2.24) is 14.9 Å². The van der Waals surface area contributed by atoms with E-state index < -0.39 is 0 Å². The number of aromatic nitrogens is 2. The number of nitrogens with one attached hydrogen (secondary N) is 1. The van der Waals surface area contributed by atoms with Crippen LogP contribution in [0.1, 0.15) is 25.1 Å². The predicted molar refractivity (Wildman–Crippen MR) is 102 cm³/mol. The summed E-state index contributed by atoms with van der Waals surface area (Å²) in [4.78, 5) is 8.92. The summed E-state index contributed by atoms with van der Waals surface area (Å²) >= 11 is 6.21. The van der Waals surface area contributed by atoms with Gasteiger partial charge in [-0.1, -0.05) is 24.1 Å². The molecule has 0 amide bonds. The lowest BCUT2D eigenvalue weighted by Crippen LogP contribution is -2.37. The van der Waals surface area contributed by atoms with Crippen molar-refractivity contribution in [3.63, 3.8) is 0 Å². The van der Waals surface area contributed by atoms with Gasteiger partial charge in [0.1, 0.15) is 12.4 Å². The van der Waals surface area contributed by atoms with Gasteiger partial charge in [-0.3, -0.25) is 0 Å². The number of guanidine groups is 1. The molecule has 3 N–H and O–H groups in total. The summed E-state index contributed by atoms with van der Waals surface area (Å²) in [6.45, 7) is 1.37. The van der Waals surface area contributed by atoms with E-state index in [0.29, 0.717) is 17.5 Å². The van der Waals surface area contributed by atoms with Gasteiger partial charge in [0.05, 0.1) is 16.1 Å². The standard InChI is InChI=1S/C15H20ClN5.HI/c1-21-13(20-12-7-3-6-11(16)14(12)21)9-19-15(17)18-8-10-4-2-5-10;/h3,6-7,10H,2,4-5,8-9H2,1H3,(H3,17,18,19);1H. The van der Waals surface area contributed by atoms with Crippen molar-refractivity contribution in [2.45, 2.75) is 25.8 Å². The maximum absolute atomic E-state index is 6.21. The van der Waals surface area contributed by atoms with Gasteiger partial charge in [-0.2, -0.15) is 0 Å². The van der Waals surface area contributed by atoms with Gasteiger partial charge >= 0.3 is 0 Å². The van der Waals surface area contributed by atoms with E-state index >= 15 is 0 Å². The average molecular weight is 434 g/mol. The fourth-order valence-electron chi connectivity index (χ4n) is 2.57. The van der Waals surface area contributed by atoms with Crippen LogP contribution in [-0.2, 0) is 13.6 Å². The Kier molecular flexibility index (Phi) is 5.91. The summed E-state index contributed by atoms with van der Waals surface area (Å²) in [5.41, 5.74) is 7.72. The van der Waals surface area contributed by atoms with Gasteiger partial charge in [0.15, 0.2) is 5.96 Å². The zero-order valence-corrected chi connectivity index (χ0v) is 15.6. The fourth-order valence-corrected chi connectivity index (χ4v) is 2.86. The molecule has 5 nitrogen and oxygen atoms in total. The second-order valence-corrected chi connectivity index (χ2v) is 5.98. The van der Waals surface area contributed by atoms with E-state index in [1.165, 1.54) is 19.3 Å². The SMILES string of the molecule is Cn1c(CN=C(N)NCC2CCC2)nc2cccc(Cl)c21.I. The summed E-state index contributed by atoms with van der Waals surface area (Å²) in [5.74, 6) is 2.10. The summed E-state index contributed by atoms with van der Waals surface area (Å²) < 4.78 is 1.97. The largest absolute Gasteiger partial charge is 0.370 e. The van der Waals surface area contributed by atoms with Crippen molar-refractivity contribution < 1.29 is 0 Å². The van der Waals surface area contributed by atoms with E-state index in [2.05, 4.69) is 15.3 Å². The third kappa shape index (κ3) is 3.65. The van der Waals surface area contributed by atoms with Crippen LogP contribution in [-0.4, -0.2) is 22.1 Å². The summed E-state index contributed by atoms with van der Waals surface area (Å²) in [5, 5.41) is 3.89. The molecule has 1 saturated carbocycles. The van der Waals surface area contributed by atoms with Crippen molar-refractivity contribution >= 4 is 52.6 Å². The van der Waals surface area contributed by atoms with Crippen LogP contribution in [0.2, 0.25) is 5.02 Å². The lowest BCUT2D eigenvalue weighted by molar-refractivity contribution is 0.315. The van der Waals surface area contributed by atoms with Crippen LogP contribution in [0.3, 0.4) is 0 Å². The maximum Gasteiger partial charge on any atom is 0.189 e. The molecule has 0 atom stereocenters. The first kappa shape index (κ1) is 17.3. The Hall–Kier alpha value is -1.02. The number of fused-ring (bicyclic) bond motifs is 1. The Labute approximate surface area is 152 Å². The van der Waals surface area contributed by atoms with Gasteiger partial charge in [0.25, 0.3) is 0 Å². The van der Waals surface area contributed by atoms with Crippen LogP contribution in [0.5, 0.6) is 0 Å². The van der Waals surface area contributed by atoms with Crippen molar-refractivity contribution in [3.05, 3.63) is 29.0 Å². The first-order valence-corrected chi connectivity index (χ1v) is 7.66. The number of imidazole rings is 1. The minimum Gasteiger partial charge on any atom is -0.370 e. The highest BCUT2D eigenvalue weighted by Crippen LogP contribution is 2.25. The van der Waals surface area contributed by atoms with Crippen molar-refractivity contribution in [2.24, 2.45) is 23.7 Å². The number of rotatable bonds is 4. The molecule has 0 unspecified atom stereocenters. The van der Waals surface area contributed by atoms with E-state index in [1.54, 1.807) is 0 Å². The minimum atomic E-state index is 0. The molecule has 1 aliphatic carbocycles. The number of aliphatic imine (C=N–C) groups is 1. The Morgan fingerprint density at radius 1 is 1.50 bits per heavy atom. The fraction of sp³-hybridized carbons (Fsp3) is 0.467. The summed E-state index contributed by atoms with van der Waals surface area (Å²) in [7, 11) is 1.95. The monoisotopic (exact) mass is 433 g/mol. The molecule has 22 heavy (non-hydrogen) atoms. The molecule has 3 rings (SSSR count). The molecular formula is C15H21ClIN5. The first-order valence-electron chi connectivity index (χ1n) is 7.29. The van der Waals surface area contributed by atoms with Crippen molar-refractivity contribution in [1.29, 1.82) is 0 Å². The van der Waals surface area contributed by atoms with E-state index in [1.807, 2.05) is 29.8 Å². The van der Waals surface area contributed by atoms with Crippen LogP contribution in [0, 0.1) is 5.92 Å². The van der Waals surface area contributed by atoms with Crippen molar-refractivity contribution in [3.8, 4) is 0 Å². The molecule has 0 bridgehead atoms. The molecular weight excluding hydrogens is 413 g/mol. The summed E-state index contributed by atoms with van der Waals surface area (Å²) in [6, 6.07) is 5.72. The number of hydrogen-bond acceptors (Lipinski definition) is 2. The zero-order valence-electron chi connectivity index (χ0n) is 12.6. The summed E-state index contributed by atoms with van der Waals surface area (Å²) in [6.07, 6.45) is 3.93. The van der Waals surface area contributed by atoms with Crippen LogP contribution in [0.4, 0.5) is 0 Å². The molecule has 0 spiro atoms. The normalized spacial score (nSPS) is 15.5. The lowest BCUT2D eigenvalue weighted by atomic mass is 9.85. The third-order valence-electron chi connectivity index (χ3n) is 4.13. The molecule has 0 aliphatic heterocycles. The quantitative estimate of drug-likeness (QED) is 0.442. The maximum atomic E-state index is 6.21. The van der Waals surface area contributed by atoms with Gasteiger partial charge in [-0.25, -0.2) is 9.98 Å². The average Bonchev–Trinajstić information content (AvgIpc) is 2.73. The number of para-hydroxylation sites is 1. The number of halogens is 2. The van der Waals surface area contributed by atoms with Crippen LogP contribution in [0.15, 0.2) is 23.2 Å². The van der Waals surface area contributed by atoms with E-state index in [9.17, 15) is 0 Å². The van der Waals surface area contributed by atoms with E-state index in [-0.39, 0.29) is 24.0 Å². The molecule has 1 fully saturated rings. The van der Waals surface area contributed by atoms with Gasteiger partial charge in [-0.15, -0.1) is 24.0 Å². The molecule has 1 aromatic carbocycles. The van der Waals surface area contributed by atoms with Crippen LogP contribution in [0.25, 0.3) is 11.0 Å². The van der Waals surface area contributed by atoms with Crippen molar-refractivity contribution in [2.75, 3.05) is 6.54 Å². The number of benzene rings is 1. The minimum absolute atomic E-state index is 0. The predicted octanol–water partition coefficient (Wildman–Crippen LogP) is 3.05. The Morgan fingerprint density at radius 3 is 2.91 bits per heavy atom. The smallest absolute Gasteiger partial charge is 0.189 e. The third-order valence-corrected chi connectivity index (χ3v) is 4.43. The van der Waals surface area contributed by atoms with E-state index in [0.717, 1.165) is 29.3 Å². The lowest BCUT2D eigenvalue weighted by Gasteiger charge is -2.25. The molecule has 2 aromatic rings. The Bertz CT molecular complexity index is 678. The number of aryl methyl sites for hydroxylation is 1. The van der Waals surface area contributed by atoms with Gasteiger partial charge < -0.3 is 15.6 Å². The van der Waals surface area contributed by atoms with Gasteiger partial charge in [0, 0.05) is 13.6 Å². The molecule has 1 aliphatic rings. The topological polar surface area (TPSA) is 68.2 Å². The Morgan fingerprint density at radius 2 is 2.27 bits per heavy atom. The Balaban J connectivity index is 0.00000176. The highest BCUT2D eigenvalue weighted by Gasteiger charge is 2.17.